The van der Waals surface area contributed by atoms with Crippen LogP contribution in [0.25, 0.3) is 6.08 Å². The van der Waals surface area contributed by atoms with Crippen molar-refractivity contribution in [2.24, 2.45) is 0 Å². The van der Waals surface area contributed by atoms with E-state index in [9.17, 15) is 14.4 Å². The third kappa shape index (κ3) is 6.90. The fraction of sp³-hybridized carbons (Fsp3) is 0.121. The molecule has 0 spiro atoms. The minimum atomic E-state index is -0.853. The Morgan fingerprint density at radius 3 is 2.33 bits per heavy atom. The molecule has 4 amide bonds. The third-order valence-electron chi connectivity index (χ3n) is 6.64. The molecule has 0 aromatic heterocycles. The van der Waals surface area contributed by atoms with Gasteiger partial charge in [0, 0.05) is 15.1 Å². The number of carbonyl (C=O) groups excluding carboxylic acids is 3. The van der Waals surface area contributed by atoms with Crippen LogP contribution in [0.5, 0.6) is 17.2 Å². The highest BCUT2D eigenvalue weighted by Gasteiger charge is 2.37. The summed E-state index contributed by atoms with van der Waals surface area (Å²) in [5.41, 5.74) is 2.99. The van der Waals surface area contributed by atoms with Gasteiger partial charge in [0.15, 0.2) is 11.5 Å². The second-order valence-electron chi connectivity index (χ2n) is 9.62. The highest BCUT2D eigenvalue weighted by atomic mass is 79.9. The number of aryl methyl sites for hydroxylation is 1. The van der Waals surface area contributed by atoms with Gasteiger partial charge in [-0.15, -0.1) is 0 Å². The average Bonchev–Trinajstić information content (AvgIpc) is 3.00. The predicted molar refractivity (Wildman–Crippen MR) is 167 cm³/mol. The molecule has 8 nitrogen and oxygen atoms in total. The van der Waals surface area contributed by atoms with Crippen molar-refractivity contribution < 1.29 is 28.6 Å². The van der Waals surface area contributed by atoms with Crippen LogP contribution in [0.1, 0.15) is 22.3 Å². The first-order valence-corrected chi connectivity index (χ1v) is 14.3. The van der Waals surface area contributed by atoms with Gasteiger partial charge >= 0.3 is 6.03 Å². The van der Waals surface area contributed by atoms with Crippen molar-refractivity contribution in [2.45, 2.75) is 20.1 Å². The number of imide groups is 2. The summed E-state index contributed by atoms with van der Waals surface area (Å²) in [6.45, 7) is 2.30. The van der Waals surface area contributed by atoms with Gasteiger partial charge in [-0.2, -0.15) is 0 Å². The second-order valence-corrected chi connectivity index (χ2v) is 11.0. The largest absolute Gasteiger partial charge is 0.493 e. The van der Waals surface area contributed by atoms with Gasteiger partial charge in [-0.3, -0.25) is 14.9 Å². The molecule has 0 saturated carbocycles. The predicted octanol–water partition coefficient (Wildman–Crippen LogP) is 7.24. The standard InChI is InChI=1S/C33H26BrClN2O6/c1-20-8-11-25(35)17-27(20)37-32(39)26(31(38)36-33(37)40)16-23-15-24(34)10-13-28(23)42-19-22-9-12-29(30(14-22)41-2)43-18-21-6-4-3-5-7-21/h3-17H,18-19H2,1-2H3,(H,36,38,40)/b26-16+. The zero-order chi connectivity index (χ0) is 30.5. The summed E-state index contributed by atoms with van der Waals surface area (Å²) in [5.74, 6) is -0.0173. The highest BCUT2D eigenvalue weighted by Crippen LogP contribution is 2.32. The van der Waals surface area contributed by atoms with Crippen molar-refractivity contribution in [3.8, 4) is 17.2 Å². The fourth-order valence-corrected chi connectivity index (χ4v) is 4.98. The molecule has 4 aromatic carbocycles. The number of ether oxygens (including phenoxy) is 3. The maximum atomic E-state index is 13.5. The lowest BCUT2D eigenvalue weighted by molar-refractivity contribution is -0.122. The fourth-order valence-electron chi connectivity index (χ4n) is 4.44. The molecule has 0 radical (unpaired) electrons. The van der Waals surface area contributed by atoms with Crippen LogP contribution >= 0.6 is 27.5 Å². The smallest absolute Gasteiger partial charge is 0.335 e. The molecule has 1 fully saturated rings. The van der Waals surface area contributed by atoms with Crippen molar-refractivity contribution in [1.29, 1.82) is 0 Å². The normalized spacial score (nSPS) is 14.1. The van der Waals surface area contributed by atoms with E-state index in [0.29, 0.717) is 44.5 Å². The molecule has 218 valence electrons. The van der Waals surface area contributed by atoms with Crippen molar-refractivity contribution >= 4 is 57.1 Å². The Hall–Kier alpha value is -4.60. The Balaban J connectivity index is 1.37. The van der Waals surface area contributed by atoms with Crippen LogP contribution in [-0.2, 0) is 22.8 Å². The van der Waals surface area contributed by atoms with Crippen molar-refractivity contribution in [3.63, 3.8) is 0 Å². The molecule has 43 heavy (non-hydrogen) atoms. The molecule has 0 atom stereocenters. The van der Waals surface area contributed by atoms with Gasteiger partial charge in [-0.25, -0.2) is 9.69 Å². The molecule has 0 bridgehead atoms. The minimum absolute atomic E-state index is 0.166. The summed E-state index contributed by atoms with van der Waals surface area (Å²) in [5, 5.41) is 2.59. The van der Waals surface area contributed by atoms with E-state index in [-0.39, 0.29) is 17.9 Å². The summed E-state index contributed by atoms with van der Waals surface area (Å²) >= 11 is 9.57. The third-order valence-corrected chi connectivity index (χ3v) is 7.37. The molecule has 0 aliphatic carbocycles. The monoisotopic (exact) mass is 660 g/mol. The first kappa shape index (κ1) is 29.9. The molecule has 1 N–H and O–H groups in total. The average molecular weight is 662 g/mol. The number of carbonyl (C=O) groups is 3. The zero-order valence-electron chi connectivity index (χ0n) is 23.2. The number of hydrogen-bond acceptors (Lipinski definition) is 6. The van der Waals surface area contributed by atoms with Gasteiger partial charge in [0.05, 0.1) is 12.8 Å². The lowest BCUT2D eigenvalue weighted by Gasteiger charge is -2.27. The molecule has 1 aliphatic rings. The number of nitrogens with zero attached hydrogens (tertiary/aromatic N) is 1. The molecule has 4 aromatic rings. The van der Waals surface area contributed by atoms with E-state index < -0.39 is 17.8 Å². The van der Waals surface area contributed by atoms with Crippen LogP contribution in [0.4, 0.5) is 10.5 Å². The number of barbiturate groups is 1. The lowest BCUT2D eigenvalue weighted by atomic mass is 10.0. The highest BCUT2D eigenvalue weighted by molar-refractivity contribution is 9.10. The second kappa shape index (κ2) is 13.1. The summed E-state index contributed by atoms with van der Waals surface area (Å²) in [6.07, 6.45) is 1.40. The van der Waals surface area contributed by atoms with Crippen LogP contribution in [0.3, 0.4) is 0 Å². The molecular weight excluding hydrogens is 636 g/mol. The van der Waals surface area contributed by atoms with Crippen molar-refractivity contribution in [3.05, 3.63) is 122 Å². The van der Waals surface area contributed by atoms with E-state index in [2.05, 4.69) is 21.2 Å². The van der Waals surface area contributed by atoms with Crippen LogP contribution < -0.4 is 24.4 Å². The number of nitrogens with one attached hydrogen (secondary N) is 1. The molecule has 1 aliphatic heterocycles. The number of hydrogen-bond donors (Lipinski definition) is 1. The van der Waals surface area contributed by atoms with Crippen LogP contribution in [-0.4, -0.2) is 25.0 Å². The van der Waals surface area contributed by atoms with E-state index in [4.69, 9.17) is 25.8 Å². The SMILES string of the molecule is COc1cc(COc2ccc(Br)cc2/C=C2\C(=O)NC(=O)N(c3cc(Cl)ccc3C)C2=O)ccc1OCc1ccccc1. The number of rotatable bonds is 9. The van der Waals surface area contributed by atoms with Gasteiger partial charge in [-0.05, 0) is 72.2 Å². The number of halogens is 2. The number of anilines is 1. The van der Waals surface area contributed by atoms with Gasteiger partial charge < -0.3 is 14.2 Å². The Bertz CT molecular complexity index is 1740. The van der Waals surface area contributed by atoms with Gasteiger partial charge in [0.2, 0.25) is 0 Å². The number of urea groups is 1. The van der Waals surface area contributed by atoms with Gasteiger partial charge in [0.1, 0.15) is 24.5 Å². The van der Waals surface area contributed by atoms with Crippen LogP contribution in [0, 0.1) is 6.92 Å². The molecule has 1 heterocycles. The Labute approximate surface area is 261 Å². The first-order valence-electron chi connectivity index (χ1n) is 13.2. The molecular formula is C33H26BrClN2O6. The maximum absolute atomic E-state index is 13.5. The van der Waals surface area contributed by atoms with Crippen LogP contribution in [0.15, 0.2) is 95.0 Å². The van der Waals surface area contributed by atoms with E-state index in [1.165, 1.54) is 12.1 Å². The molecule has 1 saturated heterocycles. The molecule has 5 rings (SSSR count). The van der Waals surface area contributed by atoms with Crippen molar-refractivity contribution in [1.82, 2.24) is 5.32 Å². The Morgan fingerprint density at radius 1 is 0.837 bits per heavy atom. The summed E-state index contributed by atoms with van der Waals surface area (Å²) < 4.78 is 18.3. The first-order chi connectivity index (χ1) is 20.7. The van der Waals surface area contributed by atoms with Gasteiger partial charge in [-0.1, -0.05) is 70.0 Å². The summed E-state index contributed by atoms with van der Waals surface area (Å²) in [7, 11) is 1.57. The van der Waals surface area contributed by atoms with E-state index in [1.807, 2.05) is 48.5 Å². The topological polar surface area (TPSA) is 94.2 Å². The summed E-state index contributed by atoms with van der Waals surface area (Å²) in [4.78, 5) is 39.9. The van der Waals surface area contributed by atoms with E-state index in [1.54, 1.807) is 44.4 Å². The zero-order valence-corrected chi connectivity index (χ0v) is 25.6. The Kier molecular flexibility index (Phi) is 9.13. The van der Waals surface area contributed by atoms with E-state index in [0.717, 1.165) is 16.0 Å². The Morgan fingerprint density at radius 2 is 1.56 bits per heavy atom. The maximum Gasteiger partial charge on any atom is 0.335 e. The molecule has 10 heteroatoms. The molecule has 0 unspecified atom stereocenters. The number of benzene rings is 4. The lowest BCUT2D eigenvalue weighted by Crippen LogP contribution is -2.54. The summed E-state index contributed by atoms with van der Waals surface area (Å²) in [6, 6.07) is 24.6. The van der Waals surface area contributed by atoms with Gasteiger partial charge in [0.25, 0.3) is 11.8 Å². The van der Waals surface area contributed by atoms with Crippen molar-refractivity contribution in [2.75, 3.05) is 12.0 Å². The minimum Gasteiger partial charge on any atom is -0.493 e. The number of methoxy groups -OCH3 is 1. The van der Waals surface area contributed by atoms with Crippen LogP contribution in [0.2, 0.25) is 5.02 Å². The van der Waals surface area contributed by atoms with E-state index >= 15 is 0 Å². The quantitative estimate of drug-likeness (QED) is 0.150. The number of amides is 4.